The quantitative estimate of drug-likeness (QED) is 0.510. The number of rotatable bonds is 5. The zero-order valence-electron chi connectivity index (χ0n) is 17.1. The second kappa shape index (κ2) is 9.05. The van der Waals surface area contributed by atoms with E-state index in [4.69, 9.17) is 0 Å². The average molecular weight is 425 g/mol. The summed E-state index contributed by atoms with van der Waals surface area (Å²) in [6.07, 6.45) is 4.74. The van der Waals surface area contributed by atoms with Crippen molar-refractivity contribution in [1.29, 1.82) is 0 Å². The number of carbonyl (C=O) groups excluding carboxylic acids is 2. The van der Waals surface area contributed by atoms with Crippen LogP contribution in [0.25, 0.3) is 5.69 Å². The number of hydrogen-bond donors (Lipinski definition) is 2. The highest BCUT2D eigenvalue weighted by Gasteiger charge is 2.16. The summed E-state index contributed by atoms with van der Waals surface area (Å²) in [5.41, 5.74) is 2.54. The normalized spacial score (nSPS) is 10.4. The van der Waals surface area contributed by atoms with Gasteiger partial charge in [-0.25, -0.2) is 4.98 Å². The van der Waals surface area contributed by atoms with Crippen LogP contribution in [0.3, 0.4) is 0 Å². The topological polar surface area (TPSA) is 106 Å². The molecule has 0 bridgehead atoms. The van der Waals surface area contributed by atoms with E-state index < -0.39 is 11.8 Å². The summed E-state index contributed by atoms with van der Waals surface area (Å²) in [7, 11) is 0. The van der Waals surface area contributed by atoms with E-state index in [0.717, 1.165) is 5.56 Å². The predicted octanol–water partition coefficient (Wildman–Crippen LogP) is 3.44. The molecule has 0 spiro atoms. The van der Waals surface area contributed by atoms with E-state index in [1.807, 2.05) is 6.92 Å². The molecule has 3 aromatic heterocycles. The van der Waals surface area contributed by atoms with Crippen molar-refractivity contribution in [1.82, 2.24) is 14.5 Å². The summed E-state index contributed by atoms with van der Waals surface area (Å²) in [4.78, 5) is 45.5. The Morgan fingerprint density at radius 2 is 1.66 bits per heavy atom. The van der Waals surface area contributed by atoms with Crippen LogP contribution in [0, 0.1) is 6.92 Å². The summed E-state index contributed by atoms with van der Waals surface area (Å²) < 4.78 is 1.50. The van der Waals surface area contributed by atoms with Gasteiger partial charge < -0.3 is 10.6 Å². The Labute approximate surface area is 183 Å². The summed E-state index contributed by atoms with van der Waals surface area (Å²) in [5, 5.41) is 5.44. The largest absolute Gasteiger partial charge is 0.321 e. The van der Waals surface area contributed by atoms with Gasteiger partial charge in [0.15, 0.2) is 5.69 Å². The van der Waals surface area contributed by atoms with Crippen molar-refractivity contribution in [3.8, 4) is 5.69 Å². The summed E-state index contributed by atoms with van der Waals surface area (Å²) in [5.74, 6) is -0.924. The molecule has 0 radical (unpaired) electrons. The fraction of sp³-hybridized carbons (Fsp3) is 0.0417. The van der Waals surface area contributed by atoms with Crippen LogP contribution in [0.15, 0.2) is 90.1 Å². The highest BCUT2D eigenvalue weighted by molar-refractivity contribution is 6.11. The minimum Gasteiger partial charge on any atom is -0.321 e. The highest BCUT2D eigenvalue weighted by Crippen LogP contribution is 2.17. The van der Waals surface area contributed by atoms with Crippen molar-refractivity contribution in [3.05, 3.63) is 113 Å². The average Bonchev–Trinajstić information content (AvgIpc) is 2.81. The molecular weight excluding hydrogens is 406 g/mol. The fourth-order valence-corrected chi connectivity index (χ4v) is 3.01. The first-order chi connectivity index (χ1) is 15.5. The van der Waals surface area contributed by atoms with Crippen molar-refractivity contribution < 1.29 is 9.59 Å². The third kappa shape index (κ3) is 4.59. The van der Waals surface area contributed by atoms with Crippen LogP contribution in [0.5, 0.6) is 0 Å². The summed E-state index contributed by atoms with van der Waals surface area (Å²) in [6, 6.07) is 18.3. The van der Waals surface area contributed by atoms with Crippen LogP contribution in [-0.2, 0) is 0 Å². The third-order valence-electron chi connectivity index (χ3n) is 4.64. The zero-order chi connectivity index (χ0) is 22.5. The number of carbonyl (C=O) groups is 2. The van der Waals surface area contributed by atoms with Gasteiger partial charge in [-0.05, 0) is 61.0 Å². The Balaban J connectivity index is 1.50. The molecule has 4 rings (SSSR count). The van der Waals surface area contributed by atoms with Crippen LogP contribution in [0.4, 0.5) is 11.4 Å². The maximum atomic E-state index is 12.8. The smallest absolute Gasteiger partial charge is 0.276 e. The molecule has 0 saturated carbocycles. The van der Waals surface area contributed by atoms with Gasteiger partial charge in [0.2, 0.25) is 0 Å². The highest BCUT2D eigenvalue weighted by atomic mass is 16.2. The molecule has 4 aromatic rings. The molecule has 0 aliphatic rings. The first-order valence-corrected chi connectivity index (χ1v) is 9.80. The van der Waals surface area contributed by atoms with Gasteiger partial charge >= 0.3 is 0 Å². The number of nitrogens with one attached hydrogen (secondary N) is 2. The number of benzene rings is 1. The van der Waals surface area contributed by atoms with Crippen LogP contribution in [-0.4, -0.2) is 26.3 Å². The maximum Gasteiger partial charge on any atom is 0.276 e. The minimum absolute atomic E-state index is 0.0660. The maximum absolute atomic E-state index is 12.8. The predicted molar refractivity (Wildman–Crippen MR) is 121 cm³/mol. The first kappa shape index (κ1) is 20.7. The number of pyridine rings is 3. The molecule has 0 atom stereocenters. The van der Waals surface area contributed by atoms with Crippen LogP contribution < -0.4 is 16.2 Å². The molecule has 0 fully saturated rings. The van der Waals surface area contributed by atoms with E-state index in [-0.39, 0.29) is 22.6 Å². The molecule has 158 valence electrons. The van der Waals surface area contributed by atoms with Crippen molar-refractivity contribution in [2.24, 2.45) is 0 Å². The molecule has 2 amide bonds. The van der Waals surface area contributed by atoms with Gasteiger partial charge in [0.05, 0.1) is 5.69 Å². The van der Waals surface area contributed by atoms with Crippen LogP contribution in [0.2, 0.25) is 0 Å². The second-order valence-corrected chi connectivity index (χ2v) is 6.98. The van der Waals surface area contributed by atoms with Gasteiger partial charge in [-0.15, -0.1) is 0 Å². The Hall–Kier alpha value is -4.59. The molecule has 0 aliphatic carbocycles. The van der Waals surface area contributed by atoms with Crippen molar-refractivity contribution in [2.45, 2.75) is 6.92 Å². The molecule has 8 nitrogen and oxygen atoms in total. The lowest BCUT2D eigenvalue weighted by molar-refractivity contribution is 0.102. The molecule has 1 aromatic carbocycles. The third-order valence-corrected chi connectivity index (χ3v) is 4.64. The fourth-order valence-electron chi connectivity index (χ4n) is 3.01. The lowest BCUT2D eigenvalue weighted by atomic mass is 10.2. The van der Waals surface area contributed by atoms with E-state index in [0.29, 0.717) is 11.4 Å². The van der Waals surface area contributed by atoms with Crippen LogP contribution in [0.1, 0.15) is 26.5 Å². The number of anilines is 2. The Morgan fingerprint density at radius 1 is 0.844 bits per heavy atom. The number of amides is 2. The van der Waals surface area contributed by atoms with Gasteiger partial charge in [0.1, 0.15) is 5.69 Å². The lowest BCUT2D eigenvalue weighted by Gasteiger charge is -2.11. The van der Waals surface area contributed by atoms with Gasteiger partial charge in [0.25, 0.3) is 17.4 Å². The molecule has 0 unspecified atom stereocenters. The molecular formula is C24H19N5O3. The monoisotopic (exact) mass is 425 g/mol. The number of hydrogen-bond acceptors (Lipinski definition) is 5. The van der Waals surface area contributed by atoms with Crippen molar-refractivity contribution >= 4 is 23.2 Å². The summed E-state index contributed by atoms with van der Waals surface area (Å²) in [6.45, 7) is 1.88. The van der Waals surface area contributed by atoms with E-state index in [2.05, 4.69) is 20.6 Å². The molecule has 3 heterocycles. The summed E-state index contributed by atoms with van der Waals surface area (Å²) >= 11 is 0. The zero-order valence-corrected chi connectivity index (χ0v) is 17.1. The van der Waals surface area contributed by atoms with Gasteiger partial charge in [-0.2, -0.15) is 0 Å². The minimum atomic E-state index is -0.484. The molecule has 0 aliphatic heterocycles. The Bertz CT molecular complexity index is 1330. The molecule has 32 heavy (non-hydrogen) atoms. The molecule has 2 N–H and O–H groups in total. The van der Waals surface area contributed by atoms with E-state index in [1.165, 1.54) is 16.8 Å². The Morgan fingerprint density at radius 3 is 2.38 bits per heavy atom. The van der Waals surface area contributed by atoms with Gasteiger partial charge in [0, 0.05) is 36.0 Å². The molecule has 0 saturated heterocycles. The van der Waals surface area contributed by atoms with E-state index in [1.54, 1.807) is 73.1 Å². The first-order valence-electron chi connectivity index (χ1n) is 9.80. The van der Waals surface area contributed by atoms with Gasteiger partial charge in [-0.1, -0.05) is 12.1 Å². The SMILES string of the molecule is Cc1ccc(C(=O)Nc2cccnc2C(=O)Nc2ccc(-n3ccccc3=O)cc2)nc1. The lowest BCUT2D eigenvalue weighted by Crippen LogP contribution is -2.20. The second-order valence-electron chi connectivity index (χ2n) is 6.98. The number of nitrogens with zero attached hydrogens (tertiary/aromatic N) is 3. The van der Waals surface area contributed by atoms with Crippen molar-refractivity contribution in [3.63, 3.8) is 0 Å². The van der Waals surface area contributed by atoms with E-state index >= 15 is 0 Å². The number of aryl methyl sites for hydroxylation is 1. The van der Waals surface area contributed by atoms with Gasteiger partial charge in [-0.3, -0.25) is 23.9 Å². The standard InChI is InChI=1S/C24H19N5O3/c1-16-7-12-20(26-15-16)23(31)28-19-5-4-13-25-22(19)24(32)27-17-8-10-18(11-9-17)29-14-3-2-6-21(29)30/h2-15H,1H3,(H,27,32)(H,28,31). The Kier molecular flexibility index (Phi) is 5.85. The number of aromatic nitrogens is 3. The molecule has 8 heteroatoms. The van der Waals surface area contributed by atoms with Crippen LogP contribution >= 0.6 is 0 Å². The van der Waals surface area contributed by atoms with Crippen molar-refractivity contribution in [2.75, 3.05) is 10.6 Å². The van der Waals surface area contributed by atoms with E-state index in [9.17, 15) is 14.4 Å².